The topological polar surface area (TPSA) is 50.4 Å². The van der Waals surface area contributed by atoms with E-state index in [2.05, 4.69) is 10.6 Å². The standard InChI is InChI=1S/C11H16N2O2/c1-7-5-9(13-11(14)12-3)6-8(2)10(7)15-4/h5-6H,1-4H3,(H2,12,13,14). The second-order valence-corrected chi connectivity index (χ2v) is 3.35. The Morgan fingerprint density at radius 1 is 1.27 bits per heavy atom. The fraction of sp³-hybridized carbons (Fsp3) is 0.364. The average molecular weight is 208 g/mol. The number of amides is 2. The molecule has 0 aliphatic heterocycles. The summed E-state index contributed by atoms with van der Waals surface area (Å²) in [5.41, 5.74) is 2.78. The quantitative estimate of drug-likeness (QED) is 0.781. The van der Waals surface area contributed by atoms with E-state index in [1.165, 1.54) is 0 Å². The number of nitrogens with one attached hydrogen (secondary N) is 2. The normalized spacial score (nSPS) is 9.60. The summed E-state index contributed by atoms with van der Waals surface area (Å²) in [6.07, 6.45) is 0. The first-order valence-corrected chi connectivity index (χ1v) is 4.72. The summed E-state index contributed by atoms with van der Waals surface area (Å²) in [6.45, 7) is 3.89. The van der Waals surface area contributed by atoms with Gasteiger partial charge in [0.05, 0.1) is 7.11 Å². The van der Waals surface area contributed by atoms with Crippen LogP contribution >= 0.6 is 0 Å². The van der Waals surface area contributed by atoms with E-state index >= 15 is 0 Å². The molecule has 0 saturated carbocycles. The molecule has 0 spiro atoms. The highest BCUT2D eigenvalue weighted by Gasteiger charge is 2.06. The molecule has 0 saturated heterocycles. The molecule has 2 amide bonds. The molecule has 4 nitrogen and oxygen atoms in total. The summed E-state index contributed by atoms with van der Waals surface area (Å²) in [6, 6.07) is 3.53. The van der Waals surface area contributed by atoms with Crippen LogP contribution in [0.15, 0.2) is 12.1 Å². The smallest absolute Gasteiger partial charge is 0.318 e. The van der Waals surface area contributed by atoms with Crippen molar-refractivity contribution in [1.29, 1.82) is 0 Å². The third kappa shape index (κ3) is 2.62. The van der Waals surface area contributed by atoms with E-state index in [9.17, 15) is 4.79 Å². The number of carbonyl (C=O) groups is 1. The van der Waals surface area contributed by atoms with Gasteiger partial charge in [-0.3, -0.25) is 0 Å². The highest BCUT2D eigenvalue weighted by molar-refractivity contribution is 5.89. The number of urea groups is 1. The van der Waals surface area contributed by atoms with Gasteiger partial charge in [0.25, 0.3) is 0 Å². The van der Waals surface area contributed by atoms with Crippen molar-refractivity contribution < 1.29 is 9.53 Å². The van der Waals surface area contributed by atoms with E-state index in [0.717, 1.165) is 22.6 Å². The van der Waals surface area contributed by atoms with E-state index in [1.807, 2.05) is 26.0 Å². The molecule has 0 atom stereocenters. The molecule has 15 heavy (non-hydrogen) atoms. The Kier molecular flexibility index (Phi) is 3.55. The average Bonchev–Trinajstić information content (AvgIpc) is 2.17. The van der Waals surface area contributed by atoms with Gasteiger partial charge in [-0.05, 0) is 37.1 Å². The summed E-state index contributed by atoms with van der Waals surface area (Å²) in [5.74, 6) is 0.859. The van der Waals surface area contributed by atoms with E-state index in [0.29, 0.717) is 0 Å². The van der Waals surface area contributed by atoms with Crippen molar-refractivity contribution in [2.75, 3.05) is 19.5 Å². The summed E-state index contributed by atoms with van der Waals surface area (Å²) >= 11 is 0. The highest BCUT2D eigenvalue weighted by atomic mass is 16.5. The molecule has 1 aromatic rings. The third-order valence-electron chi connectivity index (χ3n) is 2.15. The lowest BCUT2D eigenvalue weighted by molar-refractivity contribution is 0.254. The highest BCUT2D eigenvalue weighted by Crippen LogP contribution is 2.26. The van der Waals surface area contributed by atoms with Crippen molar-refractivity contribution in [3.63, 3.8) is 0 Å². The van der Waals surface area contributed by atoms with Crippen LogP contribution in [0.3, 0.4) is 0 Å². The Bertz CT molecular complexity index is 352. The Balaban J connectivity index is 2.98. The largest absolute Gasteiger partial charge is 0.496 e. The first kappa shape index (κ1) is 11.4. The maximum absolute atomic E-state index is 11.1. The molecule has 82 valence electrons. The van der Waals surface area contributed by atoms with Crippen molar-refractivity contribution in [2.45, 2.75) is 13.8 Å². The molecule has 0 aliphatic rings. The molecular formula is C11H16N2O2. The monoisotopic (exact) mass is 208 g/mol. The van der Waals surface area contributed by atoms with Gasteiger partial charge in [0.2, 0.25) is 0 Å². The van der Waals surface area contributed by atoms with Gasteiger partial charge >= 0.3 is 6.03 Å². The summed E-state index contributed by atoms with van der Waals surface area (Å²) in [7, 11) is 3.22. The van der Waals surface area contributed by atoms with E-state index in [1.54, 1.807) is 14.2 Å². The van der Waals surface area contributed by atoms with Crippen LogP contribution in [0.2, 0.25) is 0 Å². The molecule has 0 bridgehead atoms. The van der Waals surface area contributed by atoms with Gasteiger partial charge < -0.3 is 15.4 Å². The van der Waals surface area contributed by atoms with Gasteiger partial charge in [-0.2, -0.15) is 0 Å². The fourth-order valence-corrected chi connectivity index (χ4v) is 1.54. The molecule has 0 unspecified atom stereocenters. The van der Waals surface area contributed by atoms with Crippen molar-refractivity contribution in [1.82, 2.24) is 5.32 Å². The number of ether oxygens (including phenoxy) is 1. The van der Waals surface area contributed by atoms with Crippen LogP contribution < -0.4 is 15.4 Å². The van der Waals surface area contributed by atoms with Crippen LogP contribution in [-0.4, -0.2) is 20.2 Å². The summed E-state index contributed by atoms with van der Waals surface area (Å²) in [5, 5.41) is 5.22. The molecule has 1 aromatic carbocycles. The van der Waals surface area contributed by atoms with Crippen LogP contribution in [-0.2, 0) is 0 Å². The number of carbonyl (C=O) groups excluding carboxylic acids is 1. The summed E-state index contributed by atoms with van der Waals surface area (Å²) < 4.78 is 5.23. The Labute approximate surface area is 89.6 Å². The Hall–Kier alpha value is -1.71. The zero-order valence-corrected chi connectivity index (χ0v) is 9.47. The van der Waals surface area contributed by atoms with Gasteiger partial charge in [-0.25, -0.2) is 4.79 Å². The Morgan fingerprint density at radius 3 is 2.20 bits per heavy atom. The van der Waals surface area contributed by atoms with Crippen molar-refractivity contribution in [3.05, 3.63) is 23.3 Å². The number of hydrogen-bond donors (Lipinski definition) is 2. The minimum Gasteiger partial charge on any atom is -0.496 e. The lowest BCUT2D eigenvalue weighted by Crippen LogP contribution is -2.24. The molecule has 4 heteroatoms. The summed E-state index contributed by atoms with van der Waals surface area (Å²) in [4.78, 5) is 11.1. The first-order valence-electron chi connectivity index (χ1n) is 4.72. The molecule has 0 heterocycles. The van der Waals surface area contributed by atoms with Gasteiger partial charge in [0, 0.05) is 12.7 Å². The Morgan fingerprint density at radius 2 is 1.80 bits per heavy atom. The van der Waals surface area contributed by atoms with Crippen molar-refractivity contribution in [2.24, 2.45) is 0 Å². The predicted molar refractivity (Wildman–Crippen MR) is 60.5 cm³/mol. The number of rotatable bonds is 2. The number of benzene rings is 1. The zero-order valence-electron chi connectivity index (χ0n) is 9.47. The van der Waals surface area contributed by atoms with Crippen LogP contribution in [0.4, 0.5) is 10.5 Å². The number of hydrogen-bond acceptors (Lipinski definition) is 2. The van der Waals surface area contributed by atoms with Gasteiger partial charge in [-0.15, -0.1) is 0 Å². The third-order valence-corrected chi connectivity index (χ3v) is 2.15. The molecule has 0 aliphatic carbocycles. The zero-order chi connectivity index (χ0) is 11.4. The minimum absolute atomic E-state index is 0.223. The number of anilines is 1. The number of aryl methyl sites for hydroxylation is 2. The van der Waals surface area contributed by atoms with Gasteiger partial charge in [0.1, 0.15) is 5.75 Å². The lowest BCUT2D eigenvalue weighted by atomic mass is 10.1. The molecule has 1 rings (SSSR count). The van der Waals surface area contributed by atoms with Crippen molar-refractivity contribution in [3.8, 4) is 5.75 Å². The first-order chi connectivity index (χ1) is 7.08. The second kappa shape index (κ2) is 4.68. The van der Waals surface area contributed by atoms with E-state index in [-0.39, 0.29) is 6.03 Å². The van der Waals surface area contributed by atoms with E-state index in [4.69, 9.17) is 4.74 Å². The van der Waals surface area contributed by atoms with Gasteiger partial charge in [-0.1, -0.05) is 0 Å². The van der Waals surface area contributed by atoms with Gasteiger partial charge in [0.15, 0.2) is 0 Å². The molecule has 2 N–H and O–H groups in total. The number of methoxy groups -OCH3 is 1. The molecule has 0 aromatic heterocycles. The molecule has 0 radical (unpaired) electrons. The molecular weight excluding hydrogens is 192 g/mol. The second-order valence-electron chi connectivity index (χ2n) is 3.35. The lowest BCUT2D eigenvalue weighted by Gasteiger charge is -2.11. The minimum atomic E-state index is -0.223. The van der Waals surface area contributed by atoms with Crippen LogP contribution in [0.5, 0.6) is 5.75 Å². The van der Waals surface area contributed by atoms with Crippen LogP contribution in [0, 0.1) is 13.8 Å². The fourth-order valence-electron chi connectivity index (χ4n) is 1.54. The molecule has 0 fully saturated rings. The predicted octanol–water partition coefficient (Wildman–Crippen LogP) is 2.06. The maximum Gasteiger partial charge on any atom is 0.318 e. The van der Waals surface area contributed by atoms with E-state index < -0.39 is 0 Å². The van der Waals surface area contributed by atoms with Crippen LogP contribution in [0.1, 0.15) is 11.1 Å². The SMILES string of the molecule is CNC(=O)Nc1cc(C)c(OC)c(C)c1. The van der Waals surface area contributed by atoms with Crippen molar-refractivity contribution >= 4 is 11.7 Å². The maximum atomic E-state index is 11.1. The van der Waals surface area contributed by atoms with Crippen LogP contribution in [0.25, 0.3) is 0 Å².